The molecule has 0 heterocycles. The Bertz CT molecular complexity index is 344. The van der Waals surface area contributed by atoms with Crippen LogP contribution in [0.1, 0.15) is 104 Å². The molecule has 0 unspecified atom stereocenters. The van der Waals surface area contributed by atoms with Crippen molar-refractivity contribution in [3.8, 4) is 0 Å². The molecule has 0 amide bonds. The second-order valence-corrected chi connectivity index (χ2v) is 7.34. The number of nitrogens with two attached hydrogens (primary N) is 1. The van der Waals surface area contributed by atoms with Gasteiger partial charge in [-0.25, -0.2) is 4.79 Å². The van der Waals surface area contributed by atoms with E-state index in [1.807, 2.05) is 0 Å². The lowest BCUT2D eigenvalue weighted by Crippen LogP contribution is -2.38. The number of rotatable bonds is 17. The third-order valence-electron chi connectivity index (χ3n) is 4.85. The van der Waals surface area contributed by atoms with Crippen molar-refractivity contribution in [3.05, 3.63) is 0 Å². The standard InChI is InChI=1S/C21H41NO4/c1-3-5-7-9-11-13-15-18(16-14-12-10-8-6-4-2)20(24)26-21(25)19(22)17-23/h18-19,23H,3-17,22H2,1-2H3/t19-/m0/s1. The van der Waals surface area contributed by atoms with Crippen LogP contribution < -0.4 is 5.73 Å². The van der Waals surface area contributed by atoms with E-state index in [1.54, 1.807) is 0 Å². The molecule has 0 aromatic heterocycles. The average Bonchev–Trinajstić information content (AvgIpc) is 2.64. The topological polar surface area (TPSA) is 89.6 Å². The van der Waals surface area contributed by atoms with Gasteiger partial charge in [-0.2, -0.15) is 0 Å². The Kier molecular flexibility index (Phi) is 16.8. The minimum Gasteiger partial charge on any atom is -0.394 e. The summed E-state index contributed by atoms with van der Waals surface area (Å²) in [4.78, 5) is 24.0. The first-order valence-electron chi connectivity index (χ1n) is 10.7. The van der Waals surface area contributed by atoms with Gasteiger partial charge in [0.2, 0.25) is 0 Å². The molecular weight excluding hydrogens is 330 g/mol. The van der Waals surface area contributed by atoms with Gasteiger partial charge in [-0.05, 0) is 12.8 Å². The average molecular weight is 372 g/mol. The predicted octanol–water partition coefficient (Wildman–Crippen LogP) is 4.49. The quantitative estimate of drug-likeness (QED) is 0.223. The second-order valence-electron chi connectivity index (χ2n) is 7.34. The van der Waals surface area contributed by atoms with Crippen LogP contribution in [0.4, 0.5) is 0 Å². The van der Waals surface area contributed by atoms with Crippen molar-refractivity contribution in [2.45, 2.75) is 110 Å². The van der Waals surface area contributed by atoms with E-state index in [4.69, 9.17) is 15.6 Å². The molecule has 1 atom stereocenters. The lowest BCUT2D eigenvalue weighted by Gasteiger charge is -2.16. The van der Waals surface area contributed by atoms with Gasteiger partial charge in [0, 0.05) is 0 Å². The third-order valence-corrected chi connectivity index (χ3v) is 4.85. The largest absolute Gasteiger partial charge is 0.394 e. The first-order valence-corrected chi connectivity index (χ1v) is 10.7. The van der Waals surface area contributed by atoms with Crippen LogP contribution in [-0.2, 0) is 14.3 Å². The maximum absolute atomic E-state index is 12.3. The molecule has 26 heavy (non-hydrogen) atoms. The lowest BCUT2D eigenvalue weighted by atomic mass is 9.94. The molecule has 154 valence electrons. The van der Waals surface area contributed by atoms with Crippen molar-refractivity contribution in [1.29, 1.82) is 0 Å². The molecule has 0 aliphatic carbocycles. The summed E-state index contributed by atoms with van der Waals surface area (Å²) in [7, 11) is 0. The van der Waals surface area contributed by atoms with Crippen molar-refractivity contribution < 1.29 is 19.4 Å². The van der Waals surface area contributed by atoms with Crippen molar-refractivity contribution >= 4 is 11.9 Å². The molecule has 0 aliphatic heterocycles. The first kappa shape index (κ1) is 25.1. The lowest BCUT2D eigenvalue weighted by molar-refractivity contribution is -0.164. The fourth-order valence-electron chi connectivity index (χ4n) is 3.05. The van der Waals surface area contributed by atoms with Crippen LogP contribution in [0.25, 0.3) is 0 Å². The number of esters is 2. The summed E-state index contributed by atoms with van der Waals surface area (Å²) >= 11 is 0. The molecule has 5 heteroatoms. The van der Waals surface area contributed by atoms with Gasteiger partial charge in [-0.1, -0.05) is 90.9 Å². The van der Waals surface area contributed by atoms with E-state index in [1.165, 1.54) is 51.4 Å². The fraction of sp³-hybridized carbons (Fsp3) is 0.905. The number of carbonyl (C=O) groups is 2. The van der Waals surface area contributed by atoms with E-state index in [2.05, 4.69) is 13.8 Å². The second kappa shape index (κ2) is 17.5. The van der Waals surface area contributed by atoms with Crippen LogP contribution in [0.3, 0.4) is 0 Å². The third kappa shape index (κ3) is 13.3. The maximum atomic E-state index is 12.3. The van der Waals surface area contributed by atoms with Gasteiger partial charge >= 0.3 is 11.9 Å². The van der Waals surface area contributed by atoms with Gasteiger partial charge in [0.25, 0.3) is 0 Å². The maximum Gasteiger partial charge on any atom is 0.332 e. The number of aliphatic hydroxyl groups excluding tert-OH is 1. The van der Waals surface area contributed by atoms with Crippen molar-refractivity contribution in [2.24, 2.45) is 11.7 Å². The number of aliphatic hydroxyl groups is 1. The summed E-state index contributed by atoms with van der Waals surface area (Å²) in [5.41, 5.74) is 5.42. The zero-order valence-corrected chi connectivity index (χ0v) is 17.0. The summed E-state index contributed by atoms with van der Waals surface area (Å²) in [6, 6.07) is -1.14. The predicted molar refractivity (Wildman–Crippen MR) is 106 cm³/mol. The Labute approximate surface area is 160 Å². The van der Waals surface area contributed by atoms with Gasteiger partial charge in [-0.3, -0.25) is 4.79 Å². The van der Waals surface area contributed by atoms with Crippen LogP contribution in [0.15, 0.2) is 0 Å². The van der Waals surface area contributed by atoms with Crippen LogP contribution >= 0.6 is 0 Å². The van der Waals surface area contributed by atoms with E-state index in [-0.39, 0.29) is 5.92 Å². The van der Waals surface area contributed by atoms with Crippen LogP contribution in [0, 0.1) is 5.92 Å². The zero-order chi connectivity index (χ0) is 19.6. The SMILES string of the molecule is CCCCCCCCC(CCCCCCCC)C(=O)OC(=O)[C@@H](N)CO. The highest BCUT2D eigenvalue weighted by atomic mass is 16.6. The molecular formula is C21H41NO4. The van der Waals surface area contributed by atoms with Crippen molar-refractivity contribution in [2.75, 3.05) is 6.61 Å². The Balaban J connectivity index is 4.28. The molecule has 0 rings (SSSR count). The van der Waals surface area contributed by atoms with E-state index >= 15 is 0 Å². The number of hydrogen-bond donors (Lipinski definition) is 2. The zero-order valence-electron chi connectivity index (χ0n) is 17.0. The minimum absolute atomic E-state index is 0.234. The van der Waals surface area contributed by atoms with Crippen LogP contribution in [0.2, 0.25) is 0 Å². The molecule has 0 bridgehead atoms. The normalized spacial score (nSPS) is 12.3. The minimum atomic E-state index is -1.14. The van der Waals surface area contributed by atoms with Gasteiger partial charge in [-0.15, -0.1) is 0 Å². The number of carbonyl (C=O) groups excluding carboxylic acids is 2. The molecule has 0 aromatic carbocycles. The Morgan fingerprint density at radius 1 is 0.769 bits per heavy atom. The molecule has 3 N–H and O–H groups in total. The van der Waals surface area contributed by atoms with Crippen LogP contribution in [-0.4, -0.2) is 29.7 Å². The smallest absolute Gasteiger partial charge is 0.332 e. The molecule has 5 nitrogen and oxygen atoms in total. The highest BCUT2D eigenvalue weighted by Gasteiger charge is 2.24. The first-order chi connectivity index (χ1) is 12.6. The van der Waals surface area contributed by atoms with Crippen molar-refractivity contribution in [3.63, 3.8) is 0 Å². The summed E-state index contributed by atoms with van der Waals surface area (Å²) in [6.07, 6.45) is 15.6. The Hall–Kier alpha value is -0.940. The molecule has 0 radical (unpaired) electrons. The molecule has 0 aromatic rings. The molecule has 0 saturated carbocycles. The number of hydrogen-bond acceptors (Lipinski definition) is 5. The molecule has 0 spiro atoms. The highest BCUT2D eigenvalue weighted by molar-refractivity contribution is 5.89. The Morgan fingerprint density at radius 2 is 1.19 bits per heavy atom. The van der Waals surface area contributed by atoms with Crippen molar-refractivity contribution in [1.82, 2.24) is 0 Å². The molecule has 0 fully saturated rings. The summed E-state index contributed by atoms with van der Waals surface area (Å²) < 4.78 is 4.89. The van der Waals surface area contributed by atoms with Gasteiger partial charge in [0.1, 0.15) is 6.04 Å². The number of ether oxygens (including phenoxy) is 1. The summed E-state index contributed by atoms with van der Waals surface area (Å²) in [5.74, 6) is -1.53. The molecule has 0 aliphatic rings. The van der Waals surface area contributed by atoms with Gasteiger partial charge < -0.3 is 15.6 Å². The summed E-state index contributed by atoms with van der Waals surface area (Å²) in [6.45, 7) is 3.88. The molecule has 0 saturated heterocycles. The fourth-order valence-corrected chi connectivity index (χ4v) is 3.05. The highest BCUT2D eigenvalue weighted by Crippen LogP contribution is 2.21. The van der Waals surface area contributed by atoms with Gasteiger partial charge in [0.05, 0.1) is 12.5 Å². The van der Waals surface area contributed by atoms with Gasteiger partial charge in [0.15, 0.2) is 0 Å². The van der Waals surface area contributed by atoms with E-state index in [0.29, 0.717) is 0 Å². The van der Waals surface area contributed by atoms with E-state index < -0.39 is 24.6 Å². The van der Waals surface area contributed by atoms with Crippen LogP contribution in [0.5, 0.6) is 0 Å². The monoisotopic (exact) mass is 371 g/mol. The van der Waals surface area contributed by atoms with E-state index in [0.717, 1.165) is 38.5 Å². The summed E-state index contributed by atoms with van der Waals surface area (Å²) in [5, 5.41) is 8.91. The van der Waals surface area contributed by atoms with E-state index in [9.17, 15) is 9.59 Å². The Morgan fingerprint density at radius 3 is 1.62 bits per heavy atom. The number of unbranched alkanes of at least 4 members (excludes halogenated alkanes) is 10.